The van der Waals surface area contributed by atoms with Crippen molar-refractivity contribution in [1.82, 2.24) is 0 Å². The number of fused-ring (bicyclic) bond motifs is 1. The SMILES string of the molecule is CC1=N[C@H]2C(CCCCC2(F)F)O1. The van der Waals surface area contributed by atoms with Gasteiger partial charge in [-0.2, -0.15) is 0 Å². The van der Waals surface area contributed by atoms with Gasteiger partial charge in [-0.3, -0.25) is 0 Å². The van der Waals surface area contributed by atoms with E-state index in [-0.39, 0.29) is 12.5 Å². The molecule has 0 aromatic carbocycles. The first kappa shape index (κ1) is 8.91. The van der Waals surface area contributed by atoms with Gasteiger partial charge in [0.2, 0.25) is 0 Å². The van der Waals surface area contributed by atoms with Crippen LogP contribution < -0.4 is 0 Å². The van der Waals surface area contributed by atoms with Gasteiger partial charge in [-0.25, -0.2) is 13.8 Å². The minimum Gasteiger partial charge on any atom is -0.475 e. The van der Waals surface area contributed by atoms with Crippen molar-refractivity contribution in [3.05, 3.63) is 0 Å². The van der Waals surface area contributed by atoms with Crippen molar-refractivity contribution in [2.24, 2.45) is 4.99 Å². The van der Waals surface area contributed by atoms with Crippen LogP contribution in [0, 0.1) is 0 Å². The Bertz CT molecular complexity index is 240. The van der Waals surface area contributed by atoms with Gasteiger partial charge in [-0.15, -0.1) is 0 Å². The van der Waals surface area contributed by atoms with Gasteiger partial charge in [0.1, 0.15) is 6.10 Å². The molecule has 1 heterocycles. The second kappa shape index (κ2) is 2.93. The Labute approximate surface area is 76.0 Å². The fourth-order valence-corrected chi connectivity index (χ4v) is 2.03. The average Bonchev–Trinajstić information content (AvgIpc) is 2.36. The molecule has 0 spiro atoms. The summed E-state index contributed by atoms with van der Waals surface area (Å²) in [6.07, 6.45) is 1.69. The molecular formula is C9H13F2NO. The van der Waals surface area contributed by atoms with E-state index in [1.807, 2.05) is 0 Å². The molecule has 1 fully saturated rings. The zero-order valence-electron chi connectivity index (χ0n) is 7.59. The normalized spacial score (nSPS) is 37.3. The Balaban J connectivity index is 2.22. The monoisotopic (exact) mass is 189 g/mol. The molecule has 74 valence electrons. The van der Waals surface area contributed by atoms with E-state index >= 15 is 0 Å². The van der Waals surface area contributed by atoms with Gasteiger partial charge < -0.3 is 4.74 Å². The van der Waals surface area contributed by atoms with E-state index in [4.69, 9.17) is 4.74 Å². The number of nitrogens with zero attached hydrogens (tertiary/aromatic N) is 1. The molecule has 1 aliphatic carbocycles. The van der Waals surface area contributed by atoms with Crippen molar-refractivity contribution in [1.29, 1.82) is 0 Å². The number of ether oxygens (including phenoxy) is 1. The van der Waals surface area contributed by atoms with Gasteiger partial charge in [-0.1, -0.05) is 0 Å². The summed E-state index contributed by atoms with van der Waals surface area (Å²) in [5, 5.41) is 0. The zero-order chi connectivity index (χ0) is 9.47. The second-order valence-corrected chi connectivity index (χ2v) is 3.76. The lowest BCUT2D eigenvalue weighted by atomic mass is 10.0. The molecule has 1 aliphatic heterocycles. The van der Waals surface area contributed by atoms with Crippen LogP contribution >= 0.6 is 0 Å². The molecule has 1 unspecified atom stereocenters. The summed E-state index contributed by atoms with van der Waals surface area (Å²) in [7, 11) is 0. The largest absolute Gasteiger partial charge is 0.475 e. The number of halogens is 2. The van der Waals surface area contributed by atoms with Crippen LogP contribution in [0.25, 0.3) is 0 Å². The summed E-state index contributed by atoms with van der Waals surface area (Å²) in [6, 6.07) is -0.921. The molecule has 1 saturated carbocycles. The number of aliphatic imine (C=N–C) groups is 1. The van der Waals surface area contributed by atoms with Crippen LogP contribution in [0.15, 0.2) is 4.99 Å². The van der Waals surface area contributed by atoms with Gasteiger partial charge in [0.15, 0.2) is 11.9 Å². The molecule has 0 aromatic heterocycles. The van der Waals surface area contributed by atoms with Crippen LogP contribution in [0.4, 0.5) is 8.78 Å². The van der Waals surface area contributed by atoms with Gasteiger partial charge in [-0.05, 0) is 19.3 Å². The standard InChI is InChI=1S/C9H13F2NO/c1-6-12-8-7(13-6)4-2-3-5-9(8,10)11/h7-8H,2-5H2,1H3/t7?,8-/m0/s1. The molecule has 0 saturated heterocycles. The van der Waals surface area contributed by atoms with Gasteiger partial charge in [0.05, 0.1) is 0 Å². The van der Waals surface area contributed by atoms with Gasteiger partial charge >= 0.3 is 0 Å². The number of hydrogen-bond acceptors (Lipinski definition) is 2. The van der Waals surface area contributed by atoms with Crippen molar-refractivity contribution in [3.8, 4) is 0 Å². The van der Waals surface area contributed by atoms with Crippen LogP contribution in [0.1, 0.15) is 32.6 Å². The van der Waals surface area contributed by atoms with E-state index < -0.39 is 12.0 Å². The molecule has 0 N–H and O–H groups in total. The number of rotatable bonds is 0. The van der Waals surface area contributed by atoms with Crippen LogP contribution in [0.2, 0.25) is 0 Å². The van der Waals surface area contributed by atoms with Crippen molar-refractivity contribution >= 4 is 5.90 Å². The smallest absolute Gasteiger partial charge is 0.273 e. The highest BCUT2D eigenvalue weighted by atomic mass is 19.3. The predicted molar refractivity (Wildman–Crippen MR) is 45.2 cm³/mol. The highest BCUT2D eigenvalue weighted by molar-refractivity contribution is 5.75. The quantitative estimate of drug-likeness (QED) is 0.573. The summed E-state index contributed by atoms with van der Waals surface area (Å²) >= 11 is 0. The number of hydrogen-bond donors (Lipinski definition) is 0. The maximum atomic E-state index is 13.4. The predicted octanol–water partition coefficient (Wildman–Crippen LogP) is 2.38. The molecule has 0 bridgehead atoms. The molecule has 2 aliphatic rings. The lowest BCUT2D eigenvalue weighted by Gasteiger charge is -2.21. The zero-order valence-corrected chi connectivity index (χ0v) is 7.59. The van der Waals surface area contributed by atoms with Crippen molar-refractivity contribution in [2.45, 2.75) is 50.7 Å². The third-order valence-corrected chi connectivity index (χ3v) is 2.68. The molecule has 0 radical (unpaired) electrons. The highest BCUT2D eigenvalue weighted by Crippen LogP contribution is 2.38. The Morgan fingerprint density at radius 3 is 3.00 bits per heavy atom. The Morgan fingerprint density at radius 2 is 2.23 bits per heavy atom. The molecule has 2 atom stereocenters. The Morgan fingerprint density at radius 1 is 1.46 bits per heavy atom. The van der Waals surface area contributed by atoms with Crippen molar-refractivity contribution in [3.63, 3.8) is 0 Å². The first-order chi connectivity index (χ1) is 6.09. The van der Waals surface area contributed by atoms with E-state index in [1.165, 1.54) is 0 Å². The molecular weight excluding hydrogens is 176 g/mol. The summed E-state index contributed by atoms with van der Waals surface area (Å²) in [5.41, 5.74) is 0. The highest BCUT2D eigenvalue weighted by Gasteiger charge is 2.49. The minimum absolute atomic E-state index is 0.0473. The fraction of sp³-hybridized carbons (Fsp3) is 0.889. The maximum absolute atomic E-state index is 13.4. The Kier molecular flexibility index (Phi) is 2.00. The lowest BCUT2D eigenvalue weighted by molar-refractivity contribution is -0.0490. The summed E-state index contributed by atoms with van der Waals surface area (Å²) in [6.45, 7) is 1.64. The van der Waals surface area contributed by atoms with Crippen LogP contribution in [0.5, 0.6) is 0 Å². The van der Waals surface area contributed by atoms with E-state index in [9.17, 15) is 8.78 Å². The molecule has 0 aromatic rings. The third-order valence-electron chi connectivity index (χ3n) is 2.68. The van der Waals surface area contributed by atoms with Crippen LogP contribution in [-0.4, -0.2) is 24.0 Å². The van der Waals surface area contributed by atoms with Crippen LogP contribution in [-0.2, 0) is 4.74 Å². The molecule has 2 nitrogen and oxygen atoms in total. The van der Waals surface area contributed by atoms with Crippen molar-refractivity contribution < 1.29 is 13.5 Å². The van der Waals surface area contributed by atoms with Gasteiger partial charge in [0.25, 0.3) is 5.92 Å². The van der Waals surface area contributed by atoms with Gasteiger partial charge in [0, 0.05) is 13.3 Å². The number of alkyl halides is 2. The molecule has 0 amide bonds. The first-order valence-corrected chi connectivity index (χ1v) is 4.68. The second-order valence-electron chi connectivity index (χ2n) is 3.76. The van der Waals surface area contributed by atoms with E-state index in [1.54, 1.807) is 6.92 Å². The van der Waals surface area contributed by atoms with E-state index in [0.717, 1.165) is 6.42 Å². The maximum Gasteiger partial charge on any atom is 0.273 e. The average molecular weight is 189 g/mol. The molecule has 13 heavy (non-hydrogen) atoms. The third kappa shape index (κ3) is 1.54. The van der Waals surface area contributed by atoms with E-state index in [2.05, 4.69) is 4.99 Å². The summed E-state index contributed by atoms with van der Waals surface area (Å²) < 4.78 is 32.1. The molecule has 2 rings (SSSR count). The summed E-state index contributed by atoms with van der Waals surface area (Å²) in [4.78, 5) is 3.87. The lowest BCUT2D eigenvalue weighted by Crippen LogP contribution is -2.37. The Hall–Kier alpha value is -0.670. The summed E-state index contributed by atoms with van der Waals surface area (Å²) in [5.74, 6) is -2.25. The van der Waals surface area contributed by atoms with Crippen LogP contribution in [0.3, 0.4) is 0 Å². The van der Waals surface area contributed by atoms with E-state index in [0.29, 0.717) is 18.7 Å². The minimum atomic E-state index is -2.67. The first-order valence-electron chi connectivity index (χ1n) is 4.68. The molecule has 4 heteroatoms. The fourth-order valence-electron chi connectivity index (χ4n) is 2.03. The van der Waals surface area contributed by atoms with Crippen molar-refractivity contribution in [2.75, 3.05) is 0 Å². The topological polar surface area (TPSA) is 21.6 Å².